The second-order valence-electron chi connectivity index (χ2n) is 4.73. The smallest absolute Gasteiger partial charge is 0.195 e. The molecule has 0 spiro atoms. The molecule has 1 fully saturated rings. The van der Waals surface area contributed by atoms with Crippen molar-refractivity contribution >= 4 is 11.8 Å². The molecule has 0 atom stereocenters. The van der Waals surface area contributed by atoms with E-state index in [1.54, 1.807) is 18.5 Å². The lowest BCUT2D eigenvalue weighted by molar-refractivity contribution is 0.615. The van der Waals surface area contributed by atoms with Gasteiger partial charge >= 0.3 is 0 Å². The van der Waals surface area contributed by atoms with E-state index in [1.807, 2.05) is 11.6 Å². The maximum Gasteiger partial charge on any atom is 0.195 e. The van der Waals surface area contributed by atoms with Gasteiger partial charge in [-0.3, -0.25) is 0 Å². The van der Waals surface area contributed by atoms with Crippen LogP contribution in [0.4, 0.5) is 4.39 Å². The molecule has 1 aromatic carbocycles. The third kappa shape index (κ3) is 3.13. The summed E-state index contributed by atoms with van der Waals surface area (Å²) in [6.45, 7) is 0.697. The summed E-state index contributed by atoms with van der Waals surface area (Å²) in [5.74, 6) is -0.199. The molecule has 19 heavy (non-hydrogen) atoms. The maximum atomic E-state index is 13.4. The van der Waals surface area contributed by atoms with Crippen LogP contribution in [0.25, 0.3) is 0 Å². The standard InChI is InChI=1S/C13H15FN4S/c1-18-8-16-17-13(18)19-12-5-2-10(14)6-9(12)7-15-11-3-4-11/h2,5-6,8,11,15H,3-4,7H2,1H3. The Bertz CT molecular complexity index is 580. The van der Waals surface area contributed by atoms with Crippen LogP contribution in [0, 0.1) is 5.82 Å². The van der Waals surface area contributed by atoms with Crippen LogP contribution in [-0.4, -0.2) is 20.8 Å². The molecule has 1 heterocycles. The molecule has 0 amide bonds. The van der Waals surface area contributed by atoms with Gasteiger partial charge in [0.05, 0.1) is 0 Å². The van der Waals surface area contributed by atoms with Gasteiger partial charge in [-0.2, -0.15) is 0 Å². The number of nitrogens with zero attached hydrogens (tertiary/aromatic N) is 3. The van der Waals surface area contributed by atoms with Crippen LogP contribution in [0.15, 0.2) is 34.6 Å². The second kappa shape index (κ2) is 5.30. The predicted molar refractivity (Wildman–Crippen MR) is 71.4 cm³/mol. The number of hydrogen-bond donors (Lipinski definition) is 1. The van der Waals surface area contributed by atoms with Crippen molar-refractivity contribution in [3.63, 3.8) is 0 Å². The Balaban J connectivity index is 1.80. The quantitative estimate of drug-likeness (QED) is 0.911. The van der Waals surface area contributed by atoms with Gasteiger partial charge in [0.1, 0.15) is 12.1 Å². The van der Waals surface area contributed by atoms with E-state index in [-0.39, 0.29) is 5.82 Å². The van der Waals surface area contributed by atoms with Crippen LogP contribution in [0.1, 0.15) is 18.4 Å². The van der Waals surface area contributed by atoms with Gasteiger partial charge in [-0.05, 0) is 48.4 Å². The molecule has 2 aromatic rings. The Morgan fingerprint density at radius 1 is 1.47 bits per heavy atom. The molecular formula is C13H15FN4S. The fraction of sp³-hybridized carbons (Fsp3) is 0.385. The van der Waals surface area contributed by atoms with Crippen molar-refractivity contribution in [2.45, 2.75) is 35.5 Å². The average molecular weight is 278 g/mol. The highest BCUT2D eigenvalue weighted by atomic mass is 32.2. The molecule has 1 aliphatic carbocycles. The second-order valence-corrected chi connectivity index (χ2v) is 5.74. The van der Waals surface area contributed by atoms with Crippen LogP contribution in [0.2, 0.25) is 0 Å². The zero-order chi connectivity index (χ0) is 13.2. The van der Waals surface area contributed by atoms with Crippen molar-refractivity contribution in [3.8, 4) is 0 Å². The first kappa shape index (κ1) is 12.6. The van der Waals surface area contributed by atoms with Crippen LogP contribution >= 0.6 is 11.8 Å². The van der Waals surface area contributed by atoms with Gasteiger partial charge in [-0.25, -0.2) is 4.39 Å². The van der Waals surface area contributed by atoms with Crippen LogP contribution in [0.5, 0.6) is 0 Å². The molecular weight excluding hydrogens is 263 g/mol. The van der Waals surface area contributed by atoms with Gasteiger partial charge in [0.2, 0.25) is 0 Å². The predicted octanol–water partition coefficient (Wildman–Crippen LogP) is 2.36. The van der Waals surface area contributed by atoms with Crippen LogP contribution in [0.3, 0.4) is 0 Å². The Hall–Kier alpha value is -1.40. The highest BCUT2D eigenvalue weighted by molar-refractivity contribution is 7.99. The first-order valence-corrected chi connectivity index (χ1v) is 7.07. The highest BCUT2D eigenvalue weighted by Crippen LogP contribution is 2.30. The fourth-order valence-corrected chi connectivity index (χ4v) is 2.66. The molecule has 1 aromatic heterocycles. The van der Waals surface area contributed by atoms with E-state index in [2.05, 4.69) is 15.5 Å². The number of benzene rings is 1. The number of nitrogens with one attached hydrogen (secondary N) is 1. The van der Waals surface area contributed by atoms with Gasteiger partial charge in [-0.1, -0.05) is 0 Å². The summed E-state index contributed by atoms with van der Waals surface area (Å²) < 4.78 is 15.2. The number of hydrogen-bond acceptors (Lipinski definition) is 4. The summed E-state index contributed by atoms with van der Waals surface area (Å²) >= 11 is 1.51. The van der Waals surface area contributed by atoms with Crippen molar-refractivity contribution in [3.05, 3.63) is 35.9 Å². The van der Waals surface area contributed by atoms with Gasteiger partial charge in [0.15, 0.2) is 5.16 Å². The highest BCUT2D eigenvalue weighted by Gasteiger charge is 2.20. The molecule has 0 radical (unpaired) electrons. The topological polar surface area (TPSA) is 42.7 Å². The SMILES string of the molecule is Cn1cnnc1Sc1ccc(F)cc1CNC1CC1. The van der Waals surface area contributed by atoms with Crippen LogP contribution in [-0.2, 0) is 13.6 Å². The molecule has 4 nitrogen and oxygen atoms in total. The normalized spacial score (nSPS) is 14.8. The molecule has 3 rings (SSSR count). The lowest BCUT2D eigenvalue weighted by atomic mass is 10.2. The minimum atomic E-state index is -0.199. The zero-order valence-corrected chi connectivity index (χ0v) is 11.5. The summed E-state index contributed by atoms with van der Waals surface area (Å²) in [4.78, 5) is 1.02. The molecule has 0 aliphatic heterocycles. The van der Waals surface area contributed by atoms with Crippen molar-refractivity contribution in [2.24, 2.45) is 7.05 Å². The first-order chi connectivity index (χ1) is 9.22. The van der Waals surface area contributed by atoms with Crippen molar-refractivity contribution in [1.29, 1.82) is 0 Å². The number of aryl methyl sites for hydroxylation is 1. The van der Waals surface area contributed by atoms with E-state index in [0.29, 0.717) is 12.6 Å². The Morgan fingerprint density at radius 3 is 3.00 bits per heavy atom. The Morgan fingerprint density at radius 2 is 2.32 bits per heavy atom. The van der Waals surface area contributed by atoms with Crippen LogP contribution < -0.4 is 5.32 Å². The largest absolute Gasteiger partial charge is 0.311 e. The summed E-state index contributed by atoms with van der Waals surface area (Å²) in [5.41, 5.74) is 0.972. The third-order valence-electron chi connectivity index (χ3n) is 3.05. The first-order valence-electron chi connectivity index (χ1n) is 6.26. The molecule has 1 aliphatic rings. The molecule has 0 saturated heterocycles. The molecule has 1 N–H and O–H groups in total. The lowest BCUT2D eigenvalue weighted by Gasteiger charge is -2.09. The summed E-state index contributed by atoms with van der Waals surface area (Å²) in [6, 6.07) is 5.49. The van der Waals surface area contributed by atoms with Crippen molar-refractivity contribution in [1.82, 2.24) is 20.1 Å². The van der Waals surface area contributed by atoms with Gasteiger partial charge in [0, 0.05) is 24.5 Å². The van der Waals surface area contributed by atoms with Gasteiger partial charge < -0.3 is 9.88 Å². The minimum absolute atomic E-state index is 0.199. The molecule has 100 valence electrons. The number of aromatic nitrogens is 3. The molecule has 0 unspecified atom stereocenters. The molecule has 6 heteroatoms. The molecule has 0 bridgehead atoms. The fourth-order valence-electron chi connectivity index (χ4n) is 1.79. The van der Waals surface area contributed by atoms with E-state index in [4.69, 9.17) is 0 Å². The third-order valence-corrected chi connectivity index (χ3v) is 4.22. The Labute approximate surface area is 115 Å². The van der Waals surface area contributed by atoms with E-state index >= 15 is 0 Å². The van der Waals surface area contributed by atoms with E-state index in [9.17, 15) is 4.39 Å². The summed E-state index contributed by atoms with van der Waals surface area (Å²) in [5, 5.41) is 12.1. The molecule has 1 saturated carbocycles. The average Bonchev–Trinajstić information content (AvgIpc) is 3.14. The number of halogens is 1. The monoisotopic (exact) mass is 278 g/mol. The Kier molecular flexibility index (Phi) is 3.52. The maximum absolute atomic E-state index is 13.4. The van der Waals surface area contributed by atoms with E-state index < -0.39 is 0 Å². The lowest BCUT2D eigenvalue weighted by Crippen LogP contribution is -2.16. The van der Waals surface area contributed by atoms with Gasteiger partial charge in [0.25, 0.3) is 0 Å². The van der Waals surface area contributed by atoms with Crippen molar-refractivity contribution in [2.75, 3.05) is 0 Å². The van der Waals surface area contributed by atoms with Gasteiger partial charge in [-0.15, -0.1) is 10.2 Å². The summed E-state index contributed by atoms with van der Waals surface area (Å²) in [6.07, 6.45) is 4.11. The van der Waals surface area contributed by atoms with E-state index in [0.717, 1.165) is 15.6 Å². The minimum Gasteiger partial charge on any atom is -0.311 e. The van der Waals surface area contributed by atoms with Crippen molar-refractivity contribution < 1.29 is 4.39 Å². The number of rotatable bonds is 5. The summed E-state index contributed by atoms with van der Waals surface area (Å²) in [7, 11) is 1.90. The zero-order valence-electron chi connectivity index (χ0n) is 10.6. The van der Waals surface area contributed by atoms with E-state index in [1.165, 1.54) is 30.7 Å².